The third kappa shape index (κ3) is 2.10. The molecule has 94 valence electrons. The van der Waals surface area contributed by atoms with Gasteiger partial charge in [-0.1, -0.05) is 6.07 Å². The molecule has 0 fully saturated rings. The zero-order valence-electron chi connectivity index (χ0n) is 10.6. The van der Waals surface area contributed by atoms with Gasteiger partial charge in [0.25, 0.3) is 0 Å². The van der Waals surface area contributed by atoms with Crippen LogP contribution in [-0.4, -0.2) is 25.7 Å². The molecule has 0 radical (unpaired) electrons. The summed E-state index contributed by atoms with van der Waals surface area (Å²) in [5.74, 6) is 0.970. The lowest BCUT2D eigenvalue weighted by molar-refractivity contribution is 0.100. The monoisotopic (exact) mass is 252 g/mol. The lowest BCUT2D eigenvalue weighted by atomic mass is 10.1. The average molecular weight is 252 g/mol. The first-order valence-electron chi connectivity index (χ1n) is 5.94. The van der Waals surface area contributed by atoms with Gasteiger partial charge in [0.1, 0.15) is 5.82 Å². The number of benzene rings is 1. The summed E-state index contributed by atoms with van der Waals surface area (Å²) in [5, 5.41) is 0. The summed E-state index contributed by atoms with van der Waals surface area (Å²) in [7, 11) is 0. The fourth-order valence-corrected chi connectivity index (χ4v) is 1.99. The molecule has 1 aromatic carbocycles. The van der Waals surface area contributed by atoms with Gasteiger partial charge in [-0.25, -0.2) is 15.0 Å². The summed E-state index contributed by atoms with van der Waals surface area (Å²) < 4.78 is 0. The van der Waals surface area contributed by atoms with E-state index in [1.54, 1.807) is 12.3 Å². The molecular formula is C14H12N4O. The second kappa shape index (κ2) is 4.28. The number of H-pyrrole nitrogens is 1. The molecule has 0 spiro atoms. The van der Waals surface area contributed by atoms with E-state index in [2.05, 4.69) is 19.9 Å². The number of Topliss-reactive ketones (excluding diaryl/α,β-unsaturated/α-hetero) is 1. The van der Waals surface area contributed by atoms with Crippen LogP contribution in [0.15, 0.2) is 30.5 Å². The van der Waals surface area contributed by atoms with Gasteiger partial charge in [0.05, 0.1) is 16.7 Å². The normalized spacial score (nSPS) is 10.8. The van der Waals surface area contributed by atoms with Crippen molar-refractivity contribution in [2.75, 3.05) is 0 Å². The highest BCUT2D eigenvalue weighted by molar-refractivity contribution is 5.90. The molecule has 3 aromatic rings. The van der Waals surface area contributed by atoms with E-state index >= 15 is 0 Å². The Morgan fingerprint density at radius 1 is 1.21 bits per heavy atom. The summed E-state index contributed by atoms with van der Waals surface area (Å²) in [6, 6.07) is 7.64. The number of aromatic amines is 1. The number of carbonyl (C=O) groups excluding carboxylic acids is 1. The zero-order valence-corrected chi connectivity index (χ0v) is 10.6. The van der Waals surface area contributed by atoms with E-state index in [0.717, 1.165) is 28.1 Å². The Labute approximate surface area is 109 Å². The van der Waals surface area contributed by atoms with E-state index in [4.69, 9.17) is 0 Å². The Morgan fingerprint density at radius 2 is 2.05 bits per heavy atom. The van der Waals surface area contributed by atoms with Crippen LogP contribution in [-0.2, 0) is 0 Å². The van der Waals surface area contributed by atoms with Crippen molar-refractivity contribution in [1.29, 1.82) is 0 Å². The van der Waals surface area contributed by atoms with Gasteiger partial charge in [-0.3, -0.25) is 4.79 Å². The number of hydrogen-bond donors (Lipinski definition) is 1. The van der Waals surface area contributed by atoms with Crippen LogP contribution in [0.5, 0.6) is 0 Å². The number of carbonyl (C=O) groups is 1. The lowest BCUT2D eigenvalue weighted by Crippen LogP contribution is -2.01. The van der Waals surface area contributed by atoms with Crippen LogP contribution in [0.4, 0.5) is 0 Å². The largest absolute Gasteiger partial charge is 0.342 e. The number of aromatic nitrogens is 4. The maximum absolute atomic E-state index is 11.3. The molecule has 2 aromatic heterocycles. The van der Waals surface area contributed by atoms with E-state index in [0.29, 0.717) is 0 Å². The molecule has 0 aliphatic carbocycles. The summed E-state index contributed by atoms with van der Waals surface area (Å²) in [6.45, 7) is 3.37. The molecule has 0 unspecified atom stereocenters. The first-order chi connectivity index (χ1) is 9.13. The summed E-state index contributed by atoms with van der Waals surface area (Å²) in [5.41, 5.74) is 3.54. The van der Waals surface area contributed by atoms with Crippen LogP contribution >= 0.6 is 0 Å². The zero-order chi connectivity index (χ0) is 13.4. The standard InChI is InChI=1S/C14H12N4O/c1-8(19)14-15-6-5-11(18-14)10-3-4-12-13(7-10)17-9(2)16-12/h3-7H,1-2H3,(H,16,17). The fourth-order valence-electron chi connectivity index (χ4n) is 1.99. The number of hydrogen-bond acceptors (Lipinski definition) is 4. The second-order valence-corrected chi connectivity index (χ2v) is 4.38. The maximum Gasteiger partial charge on any atom is 0.196 e. The molecule has 1 N–H and O–H groups in total. The van der Waals surface area contributed by atoms with Crippen LogP contribution in [0.3, 0.4) is 0 Å². The number of aryl methyl sites for hydroxylation is 1. The fraction of sp³-hybridized carbons (Fsp3) is 0.143. The number of nitrogens with zero attached hydrogens (tertiary/aromatic N) is 3. The Balaban J connectivity index is 2.12. The van der Waals surface area contributed by atoms with E-state index in [-0.39, 0.29) is 11.6 Å². The van der Waals surface area contributed by atoms with Gasteiger partial charge < -0.3 is 4.98 Å². The Bertz CT molecular complexity index is 776. The Kier molecular flexibility index (Phi) is 2.59. The van der Waals surface area contributed by atoms with E-state index in [1.165, 1.54) is 6.92 Å². The average Bonchev–Trinajstić information content (AvgIpc) is 2.77. The van der Waals surface area contributed by atoms with Crippen molar-refractivity contribution in [2.24, 2.45) is 0 Å². The van der Waals surface area contributed by atoms with Crippen molar-refractivity contribution < 1.29 is 4.79 Å². The van der Waals surface area contributed by atoms with Crippen LogP contribution < -0.4 is 0 Å². The van der Waals surface area contributed by atoms with E-state index < -0.39 is 0 Å². The van der Waals surface area contributed by atoms with Gasteiger partial charge in [0.2, 0.25) is 0 Å². The van der Waals surface area contributed by atoms with Gasteiger partial charge >= 0.3 is 0 Å². The summed E-state index contributed by atoms with van der Waals surface area (Å²) in [6.07, 6.45) is 1.60. The minimum Gasteiger partial charge on any atom is -0.342 e. The van der Waals surface area contributed by atoms with Gasteiger partial charge in [0.15, 0.2) is 11.6 Å². The maximum atomic E-state index is 11.3. The molecule has 3 rings (SSSR count). The molecule has 2 heterocycles. The quantitative estimate of drug-likeness (QED) is 0.711. The minimum atomic E-state index is -0.139. The third-order valence-corrected chi connectivity index (χ3v) is 2.87. The Hall–Kier alpha value is -2.56. The van der Waals surface area contributed by atoms with Crippen molar-refractivity contribution in [1.82, 2.24) is 19.9 Å². The highest BCUT2D eigenvalue weighted by Crippen LogP contribution is 2.21. The van der Waals surface area contributed by atoms with E-state index in [1.807, 2.05) is 25.1 Å². The molecule has 0 saturated heterocycles. The third-order valence-electron chi connectivity index (χ3n) is 2.87. The number of fused-ring (bicyclic) bond motifs is 1. The minimum absolute atomic E-state index is 0.139. The predicted octanol–water partition coefficient (Wildman–Crippen LogP) is 2.53. The number of rotatable bonds is 2. The van der Waals surface area contributed by atoms with Crippen molar-refractivity contribution in [2.45, 2.75) is 13.8 Å². The molecule has 0 amide bonds. The predicted molar refractivity (Wildman–Crippen MR) is 71.9 cm³/mol. The van der Waals surface area contributed by atoms with Crippen molar-refractivity contribution in [3.8, 4) is 11.3 Å². The smallest absolute Gasteiger partial charge is 0.196 e. The molecular weight excluding hydrogens is 240 g/mol. The molecule has 0 aliphatic heterocycles. The van der Waals surface area contributed by atoms with E-state index in [9.17, 15) is 4.79 Å². The molecule has 19 heavy (non-hydrogen) atoms. The van der Waals surface area contributed by atoms with Gasteiger partial charge in [-0.05, 0) is 25.1 Å². The molecule has 0 aliphatic rings. The molecule has 0 atom stereocenters. The molecule has 5 nitrogen and oxygen atoms in total. The van der Waals surface area contributed by atoms with Crippen molar-refractivity contribution in [3.63, 3.8) is 0 Å². The second-order valence-electron chi connectivity index (χ2n) is 4.38. The van der Waals surface area contributed by atoms with Crippen LogP contribution in [0.2, 0.25) is 0 Å². The van der Waals surface area contributed by atoms with Gasteiger partial charge in [0, 0.05) is 18.7 Å². The summed E-state index contributed by atoms with van der Waals surface area (Å²) >= 11 is 0. The SMILES string of the molecule is CC(=O)c1nccc(-c2ccc3nc(C)[nH]c3c2)n1. The number of nitrogens with one attached hydrogen (secondary N) is 1. The molecule has 5 heteroatoms. The highest BCUT2D eigenvalue weighted by atomic mass is 16.1. The molecule has 0 saturated carbocycles. The topological polar surface area (TPSA) is 71.5 Å². The lowest BCUT2D eigenvalue weighted by Gasteiger charge is -2.02. The first kappa shape index (κ1) is 11.5. The highest BCUT2D eigenvalue weighted by Gasteiger charge is 2.07. The van der Waals surface area contributed by atoms with Crippen molar-refractivity contribution >= 4 is 16.8 Å². The van der Waals surface area contributed by atoms with Crippen LogP contribution in [0, 0.1) is 6.92 Å². The van der Waals surface area contributed by atoms with Gasteiger partial charge in [-0.15, -0.1) is 0 Å². The number of ketones is 1. The van der Waals surface area contributed by atoms with Crippen LogP contribution in [0.1, 0.15) is 23.4 Å². The number of imidazole rings is 1. The first-order valence-corrected chi connectivity index (χ1v) is 5.94. The Morgan fingerprint density at radius 3 is 2.84 bits per heavy atom. The van der Waals surface area contributed by atoms with Gasteiger partial charge in [-0.2, -0.15) is 0 Å². The van der Waals surface area contributed by atoms with Crippen molar-refractivity contribution in [3.05, 3.63) is 42.1 Å². The summed E-state index contributed by atoms with van der Waals surface area (Å²) in [4.78, 5) is 27.1. The van der Waals surface area contributed by atoms with Crippen LogP contribution in [0.25, 0.3) is 22.3 Å². The molecule has 0 bridgehead atoms.